The lowest BCUT2D eigenvalue weighted by Crippen LogP contribution is -2.28. The van der Waals surface area contributed by atoms with Crippen molar-refractivity contribution in [2.24, 2.45) is 0 Å². The van der Waals surface area contributed by atoms with Gasteiger partial charge in [-0.25, -0.2) is 19.6 Å². The summed E-state index contributed by atoms with van der Waals surface area (Å²) in [6.45, 7) is 7.58. The quantitative estimate of drug-likeness (QED) is 0.168. The number of nitrogens with zero attached hydrogens (tertiary/aromatic N) is 9. The zero-order valence-electron chi connectivity index (χ0n) is 30.2. The van der Waals surface area contributed by atoms with Crippen molar-refractivity contribution in [1.29, 1.82) is 0 Å². The number of thiophene rings is 2. The SMILES string of the molecule is COc1ccc(Cn2c(=O)n3ncnc3c3c(C)c(CN(C)CC4CCCO4)sc32)cc1.Cc1cc2c(s1)n(Cc1ccccc1Cl)c(=O)n1ncnc21. The van der Waals surface area contributed by atoms with Gasteiger partial charge in [-0.3, -0.25) is 14.0 Å². The zero-order chi connectivity index (χ0) is 37.5. The maximum atomic E-state index is 13.3. The van der Waals surface area contributed by atoms with Gasteiger partial charge in [0.15, 0.2) is 11.3 Å². The van der Waals surface area contributed by atoms with Gasteiger partial charge in [-0.1, -0.05) is 41.9 Å². The summed E-state index contributed by atoms with van der Waals surface area (Å²) in [5.74, 6) is 0.793. The van der Waals surface area contributed by atoms with Crippen LogP contribution in [0.4, 0.5) is 0 Å². The van der Waals surface area contributed by atoms with Gasteiger partial charge in [-0.15, -0.1) is 22.7 Å². The fourth-order valence-electron chi connectivity index (χ4n) is 6.97. The highest BCUT2D eigenvalue weighted by Gasteiger charge is 2.23. The summed E-state index contributed by atoms with van der Waals surface area (Å²) in [5.41, 5.74) is 3.92. The van der Waals surface area contributed by atoms with Crippen molar-refractivity contribution in [3.05, 3.63) is 120 Å². The fourth-order valence-corrected chi connectivity index (χ4v) is 9.53. The van der Waals surface area contributed by atoms with Gasteiger partial charge in [-0.05, 0) is 74.7 Å². The average Bonchev–Trinajstić information content (AvgIpc) is 4.02. The Hall–Kier alpha value is -4.93. The molecule has 0 N–H and O–H groups in total. The molecule has 8 aromatic rings. The van der Waals surface area contributed by atoms with Gasteiger partial charge in [0.25, 0.3) is 0 Å². The number of hydrogen-bond acceptors (Lipinski definition) is 11. The number of ether oxygens (including phenoxy) is 2. The molecule has 1 atom stereocenters. The first-order chi connectivity index (χ1) is 26.2. The normalized spacial score (nSPS) is 14.5. The van der Waals surface area contributed by atoms with Gasteiger partial charge in [0.05, 0.1) is 37.1 Å². The van der Waals surface area contributed by atoms with Crippen LogP contribution in [-0.2, 0) is 24.4 Å². The molecule has 0 aliphatic carbocycles. The van der Waals surface area contributed by atoms with Crippen LogP contribution in [0, 0.1) is 13.8 Å². The van der Waals surface area contributed by atoms with E-state index in [1.165, 1.54) is 26.6 Å². The summed E-state index contributed by atoms with van der Waals surface area (Å²) in [4.78, 5) is 41.1. The van der Waals surface area contributed by atoms with Crippen molar-refractivity contribution in [3.63, 3.8) is 0 Å². The lowest BCUT2D eigenvalue weighted by molar-refractivity contribution is 0.0795. The number of halogens is 1. The predicted molar refractivity (Wildman–Crippen MR) is 213 cm³/mol. The molecule has 13 nitrogen and oxygen atoms in total. The van der Waals surface area contributed by atoms with Crippen LogP contribution < -0.4 is 16.1 Å². The number of benzene rings is 2. The summed E-state index contributed by atoms with van der Waals surface area (Å²) in [6.07, 6.45) is 5.43. The van der Waals surface area contributed by atoms with Crippen LogP contribution in [0.25, 0.3) is 31.7 Å². The third-order valence-corrected chi connectivity index (χ3v) is 12.4. The van der Waals surface area contributed by atoms with E-state index in [4.69, 9.17) is 21.1 Å². The Morgan fingerprint density at radius 3 is 2.33 bits per heavy atom. The standard InChI is InChI=1S/C23H27N5O3S.C15H11ClN4OS/c1-15-19(13-26(2)12-18-5-4-10-31-18)32-22-20(15)21-24-14-25-28(21)23(29)27(22)11-16-6-8-17(30-3)9-7-16;1-9-6-11-13-17-8-18-20(13)15(21)19(14(11)22-9)7-10-4-2-3-5-12(10)16/h6-9,14,18H,4-5,10-13H2,1-3H3;2-6,8H,7H2,1H3. The summed E-state index contributed by atoms with van der Waals surface area (Å²) in [6, 6.07) is 17.4. The number of methoxy groups -OCH3 is 1. The van der Waals surface area contributed by atoms with Gasteiger partial charge < -0.3 is 9.47 Å². The highest BCUT2D eigenvalue weighted by Crippen LogP contribution is 2.34. The molecule has 6 aromatic heterocycles. The van der Waals surface area contributed by atoms with E-state index >= 15 is 0 Å². The molecule has 1 fully saturated rings. The Balaban J connectivity index is 0.000000164. The lowest BCUT2D eigenvalue weighted by Gasteiger charge is -2.20. The number of fused-ring (bicyclic) bond motifs is 6. The molecular weight excluding hydrogens is 746 g/mol. The molecule has 0 spiro atoms. The maximum absolute atomic E-state index is 13.3. The second-order valence-electron chi connectivity index (χ2n) is 13.4. The largest absolute Gasteiger partial charge is 0.497 e. The molecule has 54 heavy (non-hydrogen) atoms. The summed E-state index contributed by atoms with van der Waals surface area (Å²) >= 11 is 9.48. The average molecular weight is 784 g/mol. The molecule has 9 rings (SSSR count). The van der Waals surface area contributed by atoms with Crippen molar-refractivity contribution in [1.82, 2.24) is 43.2 Å². The van der Waals surface area contributed by atoms with E-state index in [9.17, 15) is 9.59 Å². The third-order valence-electron chi connectivity index (χ3n) is 9.68. The predicted octanol–water partition coefficient (Wildman–Crippen LogP) is 6.20. The third kappa shape index (κ3) is 6.82. The number of likely N-dealkylation sites (N-methyl/N-ethyl adjacent to an activating group) is 1. The Kier molecular flexibility index (Phi) is 10.1. The molecule has 1 aliphatic heterocycles. The van der Waals surface area contributed by atoms with Crippen LogP contribution in [0.3, 0.4) is 0 Å². The number of aromatic nitrogens is 8. The minimum Gasteiger partial charge on any atom is -0.497 e. The van der Waals surface area contributed by atoms with E-state index in [2.05, 4.69) is 39.0 Å². The lowest BCUT2D eigenvalue weighted by atomic mass is 10.2. The Bertz CT molecular complexity index is 2740. The number of aryl methyl sites for hydroxylation is 2. The molecule has 0 radical (unpaired) electrons. The van der Waals surface area contributed by atoms with Crippen LogP contribution in [0.15, 0.2) is 76.8 Å². The molecule has 1 saturated heterocycles. The second-order valence-corrected chi connectivity index (χ2v) is 16.1. The van der Waals surface area contributed by atoms with Crippen molar-refractivity contribution in [3.8, 4) is 5.75 Å². The van der Waals surface area contributed by atoms with E-state index in [1.54, 1.807) is 38.9 Å². The molecule has 0 saturated carbocycles. The topological polar surface area (TPSA) is 126 Å². The van der Waals surface area contributed by atoms with E-state index in [-0.39, 0.29) is 11.4 Å². The van der Waals surface area contributed by atoms with Crippen LogP contribution in [0.2, 0.25) is 5.02 Å². The first kappa shape index (κ1) is 36.1. The van der Waals surface area contributed by atoms with Gasteiger partial charge in [0.2, 0.25) is 0 Å². The molecule has 1 unspecified atom stereocenters. The van der Waals surface area contributed by atoms with Gasteiger partial charge >= 0.3 is 11.4 Å². The summed E-state index contributed by atoms with van der Waals surface area (Å²) < 4.78 is 17.3. The molecule has 1 aliphatic rings. The van der Waals surface area contributed by atoms with Crippen molar-refractivity contribution in [2.75, 3.05) is 27.3 Å². The Labute approximate surface area is 322 Å². The number of hydrogen-bond donors (Lipinski definition) is 0. The fraction of sp³-hybridized carbons (Fsp3) is 0.316. The van der Waals surface area contributed by atoms with Gasteiger partial charge in [-0.2, -0.15) is 19.2 Å². The summed E-state index contributed by atoms with van der Waals surface area (Å²) in [7, 11) is 3.77. The van der Waals surface area contributed by atoms with Crippen molar-refractivity contribution < 1.29 is 9.47 Å². The van der Waals surface area contributed by atoms with Crippen LogP contribution in [-0.4, -0.2) is 76.6 Å². The monoisotopic (exact) mass is 783 g/mol. The van der Waals surface area contributed by atoms with Crippen molar-refractivity contribution in [2.45, 2.75) is 52.4 Å². The summed E-state index contributed by atoms with van der Waals surface area (Å²) in [5, 5.41) is 10.8. The molecule has 7 heterocycles. The first-order valence-electron chi connectivity index (χ1n) is 17.5. The first-order valence-corrected chi connectivity index (χ1v) is 19.5. The molecule has 16 heteroatoms. The maximum Gasteiger partial charge on any atom is 0.352 e. The molecule has 0 bridgehead atoms. The van der Waals surface area contributed by atoms with E-state index in [0.29, 0.717) is 35.5 Å². The number of rotatable bonds is 9. The van der Waals surface area contributed by atoms with Crippen LogP contribution in [0.1, 0.15) is 39.3 Å². The van der Waals surface area contributed by atoms with Gasteiger partial charge in [0.1, 0.15) is 28.1 Å². The zero-order valence-corrected chi connectivity index (χ0v) is 32.6. The Morgan fingerprint density at radius 2 is 1.63 bits per heavy atom. The molecular formula is C38H38ClN9O4S2. The van der Waals surface area contributed by atoms with E-state index < -0.39 is 0 Å². The van der Waals surface area contributed by atoms with Crippen LogP contribution in [0.5, 0.6) is 5.75 Å². The van der Waals surface area contributed by atoms with Crippen LogP contribution >= 0.6 is 34.3 Å². The molecule has 2 aromatic carbocycles. The minimum absolute atomic E-state index is 0.179. The molecule has 0 amide bonds. The Morgan fingerprint density at radius 1 is 0.926 bits per heavy atom. The minimum atomic E-state index is -0.207. The van der Waals surface area contributed by atoms with Crippen molar-refractivity contribution >= 4 is 66.0 Å². The highest BCUT2D eigenvalue weighted by molar-refractivity contribution is 7.19. The van der Waals surface area contributed by atoms with E-state index in [0.717, 1.165) is 80.3 Å². The second kappa shape index (κ2) is 15.1. The smallest absolute Gasteiger partial charge is 0.352 e. The highest BCUT2D eigenvalue weighted by atomic mass is 35.5. The van der Waals surface area contributed by atoms with Gasteiger partial charge in [0, 0.05) is 34.5 Å². The van der Waals surface area contributed by atoms with E-state index in [1.807, 2.05) is 61.5 Å². The molecule has 278 valence electrons.